The maximum Gasteiger partial charge on any atom is 0.262 e. The molecule has 3 aromatic carbocycles. The second-order valence-electron chi connectivity index (χ2n) is 8.12. The number of hydrogen-bond donors (Lipinski definition) is 3. The molecule has 0 radical (unpaired) electrons. The Bertz CT molecular complexity index is 1190. The molecule has 0 saturated heterocycles. The standard InChI is InChI=1S/C27H27N3O5/c1-2-34-23-14-12-21(13-15-23)29-26(32)19-8-10-20(11-9-19)28-25(31)17-35-24-5-3-4-22(16-24)30-27(33)18-6-7-18/h3-5,8-16,18H,2,6-7,17H2,1H3,(H,28,31)(H,29,32)(H,30,33). The second-order valence-corrected chi connectivity index (χ2v) is 8.12. The van der Waals surface area contributed by atoms with Crippen molar-refractivity contribution in [3.8, 4) is 11.5 Å². The van der Waals surface area contributed by atoms with Gasteiger partial charge in [0.25, 0.3) is 11.8 Å². The quantitative estimate of drug-likeness (QED) is 0.396. The van der Waals surface area contributed by atoms with Gasteiger partial charge >= 0.3 is 0 Å². The number of nitrogens with one attached hydrogen (secondary N) is 3. The first kappa shape index (κ1) is 23.8. The van der Waals surface area contributed by atoms with E-state index < -0.39 is 0 Å². The maximum absolute atomic E-state index is 12.5. The molecule has 3 aromatic rings. The van der Waals surface area contributed by atoms with Gasteiger partial charge in [0.05, 0.1) is 6.61 Å². The topological polar surface area (TPSA) is 106 Å². The summed E-state index contributed by atoms with van der Waals surface area (Å²) in [5.41, 5.74) is 2.29. The summed E-state index contributed by atoms with van der Waals surface area (Å²) in [6.45, 7) is 2.29. The number of anilines is 3. The normalized spacial score (nSPS) is 12.4. The Morgan fingerprint density at radius 2 is 1.46 bits per heavy atom. The minimum Gasteiger partial charge on any atom is -0.494 e. The lowest BCUT2D eigenvalue weighted by Crippen LogP contribution is -2.20. The molecular formula is C27H27N3O5. The van der Waals surface area contributed by atoms with Gasteiger partial charge in [0.2, 0.25) is 5.91 Å². The van der Waals surface area contributed by atoms with Gasteiger partial charge in [-0.05, 0) is 80.4 Å². The fraction of sp³-hybridized carbons (Fsp3) is 0.222. The number of hydrogen-bond acceptors (Lipinski definition) is 5. The minimum atomic E-state index is -0.344. The Morgan fingerprint density at radius 1 is 0.771 bits per heavy atom. The van der Waals surface area contributed by atoms with Gasteiger partial charge in [-0.25, -0.2) is 0 Å². The molecule has 0 atom stereocenters. The van der Waals surface area contributed by atoms with Crippen LogP contribution in [0.5, 0.6) is 11.5 Å². The summed E-state index contributed by atoms with van der Waals surface area (Å²) in [6, 6.07) is 20.6. The summed E-state index contributed by atoms with van der Waals surface area (Å²) in [4.78, 5) is 36.7. The van der Waals surface area contributed by atoms with E-state index in [1.54, 1.807) is 72.8 Å². The van der Waals surface area contributed by atoms with Gasteiger partial charge < -0.3 is 25.4 Å². The Kier molecular flexibility index (Phi) is 7.62. The zero-order valence-electron chi connectivity index (χ0n) is 19.4. The van der Waals surface area contributed by atoms with Gasteiger partial charge in [0.15, 0.2) is 6.61 Å². The number of carbonyl (C=O) groups excluding carboxylic acids is 3. The molecule has 0 heterocycles. The van der Waals surface area contributed by atoms with E-state index in [2.05, 4.69) is 16.0 Å². The average Bonchev–Trinajstić information content (AvgIpc) is 3.71. The molecule has 180 valence electrons. The maximum atomic E-state index is 12.5. The lowest BCUT2D eigenvalue weighted by atomic mass is 10.2. The molecule has 3 amide bonds. The van der Waals surface area contributed by atoms with Crippen LogP contribution in [0, 0.1) is 5.92 Å². The number of rotatable bonds is 10. The predicted molar refractivity (Wildman–Crippen MR) is 134 cm³/mol. The molecule has 1 aliphatic carbocycles. The first-order valence-corrected chi connectivity index (χ1v) is 11.5. The van der Waals surface area contributed by atoms with E-state index in [1.165, 1.54) is 0 Å². The van der Waals surface area contributed by atoms with Crippen molar-refractivity contribution in [3.63, 3.8) is 0 Å². The third-order valence-electron chi connectivity index (χ3n) is 5.27. The fourth-order valence-electron chi connectivity index (χ4n) is 3.31. The van der Waals surface area contributed by atoms with Crippen molar-refractivity contribution >= 4 is 34.8 Å². The van der Waals surface area contributed by atoms with Crippen LogP contribution in [0.15, 0.2) is 72.8 Å². The van der Waals surface area contributed by atoms with Crippen molar-refractivity contribution in [2.24, 2.45) is 5.92 Å². The van der Waals surface area contributed by atoms with Crippen LogP contribution in [-0.2, 0) is 9.59 Å². The van der Waals surface area contributed by atoms with E-state index in [0.29, 0.717) is 35.0 Å². The van der Waals surface area contributed by atoms with Crippen LogP contribution in [0.2, 0.25) is 0 Å². The van der Waals surface area contributed by atoms with E-state index in [-0.39, 0.29) is 30.2 Å². The molecule has 8 heteroatoms. The molecule has 1 fully saturated rings. The number of ether oxygens (including phenoxy) is 2. The van der Waals surface area contributed by atoms with Crippen molar-refractivity contribution in [2.45, 2.75) is 19.8 Å². The van der Waals surface area contributed by atoms with E-state index >= 15 is 0 Å². The summed E-state index contributed by atoms with van der Waals surface area (Å²) in [5, 5.41) is 8.41. The molecule has 0 bridgehead atoms. The third-order valence-corrected chi connectivity index (χ3v) is 5.27. The van der Waals surface area contributed by atoms with Crippen LogP contribution in [0.4, 0.5) is 17.1 Å². The van der Waals surface area contributed by atoms with Crippen LogP contribution in [0.3, 0.4) is 0 Å². The van der Waals surface area contributed by atoms with Crippen molar-refractivity contribution < 1.29 is 23.9 Å². The predicted octanol–water partition coefficient (Wildman–Crippen LogP) is 4.70. The van der Waals surface area contributed by atoms with Crippen molar-refractivity contribution in [2.75, 3.05) is 29.2 Å². The zero-order valence-corrected chi connectivity index (χ0v) is 19.4. The molecule has 0 aromatic heterocycles. The third kappa shape index (κ3) is 7.07. The number of benzene rings is 3. The highest BCUT2D eigenvalue weighted by Gasteiger charge is 2.29. The minimum absolute atomic E-state index is 0.0106. The number of carbonyl (C=O) groups is 3. The second kappa shape index (κ2) is 11.2. The Hall–Kier alpha value is -4.33. The largest absolute Gasteiger partial charge is 0.494 e. The molecule has 35 heavy (non-hydrogen) atoms. The average molecular weight is 474 g/mol. The highest BCUT2D eigenvalue weighted by molar-refractivity contribution is 6.04. The van der Waals surface area contributed by atoms with Crippen LogP contribution < -0.4 is 25.4 Å². The van der Waals surface area contributed by atoms with Gasteiger partial charge in [-0.3, -0.25) is 14.4 Å². The molecule has 0 unspecified atom stereocenters. The van der Waals surface area contributed by atoms with Crippen LogP contribution in [-0.4, -0.2) is 30.9 Å². The summed E-state index contributed by atoms with van der Waals surface area (Å²) in [7, 11) is 0. The lowest BCUT2D eigenvalue weighted by molar-refractivity contribution is -0.118. The van der Waals surface area contributed by atoms with Gasteiger partial charge in [0, 0.05) is 34.6 Å². The highest BCUT2D eigenvalue weighted by atomic mass is 16.5. The molecule has 0 aliphatic heterocycles. The van der Waals surface area contributed by atoms with Gasteiger partial charge in [-0.2, -0.15) is 0 Å². The molecular weight excluding hydrogens is 446 g/mol. The Morgan fingerprint density at radius 3 is 2.14 bits per heavy atom. The molecule has 8 nitrogen and oxygen atoms in total. The highest BCUT2D eigenvalue weighted by Crippen LogP contribution is 2.30. The monoisotopic (exact) mass is 473 g/mol. The summed E-state index contributed by atoms with van der Waals surface area (Å²) < 4.78 is 10.9. The van der Waals surface area contributed by atoms with Crippen LogP contribution >= 0.6 is 0 Å². The van der Waals surface area contributed by atoms with Gasteiger partial charge in [-0.1, -0.05) is 6.07 Å². The SMILES string of the molecule is CCOc1ccc(NC(=O)c2ccc(NC(=O)COc3cccc(NC(=O)C4CC4)c3)cc2)cc1. The summed E-state index contributed by atoms with van der Waals surface area (Å²) >= 11 is 0. The zero-order chi connectivity index (χ0) is 24.6. The van der Waals surface area contributed by atoms with Gasteiger partial charge in [-0.15, -0.1) is 0 Å². The molecule has 1 saturated carbocycles. The molecule has 3 N–H and O–H groups in total. The summed E-state index contributed by atoms with van der Waals surface area (Å²) in [6.07, 6.45) is 1.85. The van der Waals surface area contributed by atoms with E-state index in [9.17, 15) is 14.4 Å². The smallest absolute Gasteiger partial charge is 0.262 e. The molecule has 4 rings (SSSR count). The lowest BCUT2D eigenvalue weighted by Gasteiger charge is -2.10. The van der Waals surface area contributed by atoms with Gasteiger partial charge in [0.1, 0.15) is 11.5 Å². The first-order chi connectivity index (χ1) is 17.0. The van der Waals surface area contributed by atoms with E-state index in [4.69, 9.17) is 9.47 Å². The van der Waals surface area contributed by atoms with Crippen molar-refractivity contribution in [1.82, 2.24) is 0 Å². The van der Waals surface area contributed by atoms with Crippen molar-refractivity contribution in [1.29, 1.82) is 0 Å². The molecule has 0 spiro atoms. The Balaban J connectivity index is 1.24. The molecule has 1 aliphatic rings. The first-order valence-electron chi connectivity index (χ1n) is 11.5. The summed E-state index contributed by atoms with van der Waals surface area (Å²) in [5.74, 6) is 0.734. The van der Waals surface area contributed by atoms with Crippen molar-refractivity contribution in [3.05, 3.63) is 78.4 Å². The van der Waals surface area contributed by atoms with E-state index in [1.807, 2.05) is 6.92 Å². The number of amides is 3. The van der Waals surface area contributed by atoms with Crippen LogP contribution in [0.25, 0.3) is 0 Å². The van der Waals surface area contributed by atoms with E-state index in [0.717, 1.165) is 18.6 Å². The fourth-order valence-corrected chi connectivity index (χ4v) is 3.31. The van der Waals surface area contributed by atoms with Crippen LogP contribution in [0.1, 0.15) is 30.1 Å². The Labute approximate surface area is 203 Å².